The number of benzene rings is 4. The Morgan fingerprint density at radius 1 is 1.02 bits per heavy atom. The molecule has 0 saturated carbocycles. The molecule has 0 spiro atoms. The van der Waals surface area contributed by atoms with Crippen molar-refractivity contribution in [1.29, 1.82) is 0 Å². The number of ether oxygens (including phenoxy) is 1. The summed E-state index contributed by atoms with van der Waals surface area (Å²) in [5.74, 6) is 1.07. The Morgan fingerprint density at radius 2 is 1.80 bits per heavy atom. The van der Waals surface area contributed by atoms with Crippen molar-refractivity contribution in [1.82, 2.24) is 14.8 Å². The highest BCUT2D eigenvalue weighted by atomic mass is 79.9. The van der Waals surface area contributed by atoms with E-state index < -0.39 is 6.04 Å². The first-order valence-corrected chi connectivity index (χ1v) is 15.8. The lowest BCUT2D eigenvalue weighted by Crippen LogP contribution is -2.31. The highest BCUT2D eigenvalue weighted by Gasteiger charge is 2.34. The lowest BCUT2D eigenvalue weighted by molar-refractivity contribution is -0.113. The van der Waals surface area contributed by atoms with Gasteiger partial charge in [0.05, 0.1) is 5.57 Å². The molecule has 5 aromatic rings. The molecule has 0 fully saturated rings. The van der Waals surface area contributed by atoms with E-state index in [4.69, 9.17) is 9.84 Å². The minimum absolute atomic E-state index is 0.244. The summed E-state index contributed by atoms with van der Waals surface area (Å²) in [5, 5.41) is 11.6. The molecule has 1 aliphatic heterocycles. The topological polar surface area (TPSA) is 81.1 Å². The van der Waals surface area contributed by atoms with Crippen molar-refractivity contribution in [3.63, 3.8) is 0 Å². The fourth-order valence-electron chi connectivity index (χ4n) is 5.00. The van der Waals surface area contributed by atoms with Crippen LogP contribution in [-0.2, 0) is 17.2 Å². The van der Waals surface area contributed by atoms with Crippen molar-refractivity contribution in [3.8, 4) is 5.75 Å². The second-order valence-corrected chi connectivity index (χ2v) is 12.2. The Hall–Kier alpha value is -4.41. The van der Waals surface area contributed by atoms with Gasteiger partial charge in [0.1, 0.15) is 24.2 Å². The standard InChI is InChI=1S/C34H29BrFN5O2S/c1-21-8-3-6-13-29(21)38-32(42)30-22(2)37-33-39-34(44-20-25-10-4-5-12-28(25)36)40-41(33)31(30)24-14-16-27(17-15-24)43-19-23-9-7-11-26(35)18-23/h3-18,31H,19-20H2,1-2H3,(H,38,42)(H,37,39,40). The van der Waals surface area contributed by atoms with Crippen LogP contribution < -0.4 is 15.4 Å². The average molecular weight is 671 g/mol. The van der Waals surface area contributed by atoms with Crippen LogP contribution in [0.25, 0.3) is 0 Å². The Balaban J connectivity index is 1.30. The van der Waals surface area contributed by atoms with Crippen LogP contribution in [0.2, 0.25) is 0 Å². The molecule has 2 heterocycles. The predicted molar refractivity (Wildman–Crippen MR) is 175 cm³/mol. The van der Waals surface area contributed by atoms with Crippen LogP contribution in [0.5, 0.6) is 5.75 Å². The number of para-hydroxylation sites is 1. The zero-order valence-corrected chi connectivity index (χ0v) is 26.5. The van der Waals surface area contributed by atoms with Crippen molar-refractivity contribution < 1.29 is 13.9 Å². The highest BCUT2D eigenvalue weighted by Crippen LogP contribution is 2.38. The molecule has 0 aliphatic carbocycles. The molecule has 0 saturated heterocycles. The van der Waals surface area contributed by atoms with Crippen molar-refractivity contribution in [2.24, 2.45) is 0 Å². The third-order valence-corrected chi connectivity index (χ3v) is 8.66. The minimum atomic E-state index is -0.565. The molecule has 1 aliphatic rings. The summed E-state index contributed by atoms with van der Waals surface area (Å²) in [6.07, 6.45) is 0. The maximum absolute atomic E-state index is 14.3. The zero-order valence-electron chi connectivity index (χ0n) is 24.1. The van der Waals surface area contributed by atoms with Crippen LogP contribution in [0.4, 0.5) is 16.0 Å². The lowest BCUT2D eigenvalue weighted by Gasteiger charge is -2.29. The van der Waals surface area contributed by atoms with Crippen LogP contribution in [0, 0.1) is 12.7 Å². The molecule has 6 rings (SSSR count). The molecule has 0 bridgehead atoms. The molecule has 4 aromatic carbocycles. The van der Waals surface area contributed by atoms with Crippen LogP contribution in [0.3, 0.4) is 0 Å². The number of halogens is 2. The van der Waals surface area contributed by atoms with Crippen molar-refractivity contribution in [3.05, 3.63) is 141 Å². The first-order chi connectivity index (χ1) is 21.4. The normalized spacial score (nSPS) is 14.1. The smallest absolute Gasteiger partial charge is 0.255 e. The van der Waals surface area contributed by atoms with Gasteiger partial charge >= 0.3 is 0 Å². The number of aromatic nitrogens is 3. The molecule has 10 heteroatoms. The van der Waals surface area contributed by atoms with Crippen LogP contribution in [0.15, 0.2) is 118 Å². The van der Waals surface area contributed by atoms with Crippen molar-refractivity contribution >= 4 is 45.2 Å². The Kier molecular flexibility index (Phi) is 8.81. The predicted octanol–water partition coefficient (Wildman–Crippen LogP) is 8.29. The number of fused-ring (bicyclic) bond motifs is 1. The van der Waals surface area contributed by atoms with E-state index in [2.05, 4.69) is 31.5 Å². The number of nitrogens with zero attached hydrogens (tertiary/aromatic N) is 3. The van der Waals surface area contributed by atoms with Gasteiger partial charge in [-0.3, -0.25) is 4.79 Å². The van der Waals surface area contributed by atoms with E-state index in [0.29, 0.717) is 46.0 Å². The second-order valence-electron chi connectivity index (χ2n) is 10.4. The molecule has 1 aromatic heterocycles. The maximum Gasteiger partial charge on any atom is 0.255 e. The first kappa shape index (κ1) is 29.7. The fourth-order valence-corrected chi connectivity index (χ4v) is 6.26. The number of carbonyl (C=O) groups excluding carboxylic acids is 1. The van der Waals surface area contributed by atoms with E-state index in [-0.39, 0.29) is 11.7 Å². The summed E-state index contributed by atoms with van der Waals surface area (Å²) in [4.78, 5) is 18.6. The van der Waals surface area contributed by atoms with Gasteiger partial charge in [-0.2, -0.15) is 4.98 Å². The summed E-state index contributed by atoms with van der Waals surface area (Å²) in [6.45, 7) is 4.24. The van der Waals surface area contributed by atoms with Gasteiger partial charge in [-0.15, -0.1) is 5.10 Å². The van der Waals surface area contributed by atoms with E-state index in [1.807, 2.05) is 86.6 Å². The van der Waals surface area contributed by atoms with Crippen molar-refractivity contribution in [2.75, 3.05) is 10.6 Å². The third kappa shape index (κ3) is 6.56. The number of rotatable bonds is 9. The molecule has 222 valence electrons. The number of anilines is 2. The monoisotopic (exact) mass is 669 g/mol. The maximum atomic E-state index is 14.3. The quantitative estimate of drug-likeness (QED) is 0.154. The highest BCUT2D eigenvalue weighted by molar-refractivity contribution is 9.10. The first-order valence-electron chi connectivity index (χ1n) is 14.0. The van der Waals surface area contributed by atoms with Crippen molar-refractivity contribution in [2.45, 2.75) is 37.4 Å². The number of hydrogen-bond donors (Lipinski definition) is 2. The number of thioether (sulfide) groups is 1. The number of allylic oxidation sites excluding steroid dienone is 1. The third-order valence-electron chi connectivity index (χ3n) is 7.28. The molecule has 1 unspecified atom stereocenters. The van der Waals surface area contributed by atoms with Gasteiger partial charge in [0.2, 0.25) is 11.1 Å². The Labute approximate surface area is 267 Å². The van der Waals surface area contributed by atoms with Gasteiger partial charge in [-0.25, -0.2) is 9.07 Å². The molecule has 7 nitrogen and oxygen atoms in total. The summed E-state index contributed by atoms with van der Waals surface area (Å²) >= 11 is 4.84. The molecule has 44 heavy (non-hydrogen) atoms. The van der Waals surface area contributed by atoms with E-state index in [1.54, 1.807) is 22.9 Å². The minimum Gasteiger partial charge on any atom is -0.489 e. The molecular weight excluding hydrogens is 641 g/mol. The van der Waals surface area contributed by atoms with Crippen LogP contribution in [0.1, 0.15) is 35.2 Å². The molecule has 2 N–H and O–H groups in total. The van der Waals surface area contributed by atoms with E-state index in [1.165, 1.54) is 17.8 Å². The fraction of sp³-hybridized carbons (Fsp3) is 0.147. The largest absolute Gasteiger partial charge is 0.489 e. The van der Waals surface area contributed by atoms with Crippen LogP contribution >= 0.6 is 27.7 Å². The number of nitrogens with one attached hydrogen (secondary N) is 2. The summed E-state index contributed by atoms with van der Waals surface area (Å²) in [6, 6.07) is 29.4. The summed E-state index contributed by atoms with van der Waals surface area (Å²) < 4.78 is 23.0. The molecular formula is C34H29BrFN5O2S. The molecule has 0 radical (unpaired) electrons. The summed E-state index contributed by atoms with van der Waals surface area (Å²) in [7, 11) is 0. The molecule has 1 amide bonds. The van der Waals surface area contributed by atoms with Gasteiger partial charge in [0.25, 0.3) is 5.91 Å². The van der Waals surface area contributed by atoms with E-state index in [0.717, 1.165) is 26.9 Å². The number of aryl methyl sites for hydroxylation is 1. The average Bonchev–Trinajstić information content (AvgIpc) is 3.42. The van der Waals surface area contributed by atoms with Gasteiger partial charge in [-0.05, 0) is 72.5 Å². The second kappa shape index (κ2) is 13.1. The van der Waals surface area contributed by atoms with E-state index >= 15 is 0 Å². The Morgan fingerprint density at radius 3 is 2.57 bits per heavy atom. The van der Waals surface area contributed by atoms with Gasteiger partial charge in [0, 0.05) is 21.6 Å². The molecule has 1 atom stereocenters. The summed E-state index contributed by atoms with van der Waals surface area (Å²) in [5.41, 5.74) is 5.33. The van der Waals surface area contributed by atoms with E-state index in [9.17, 15) is 9.18 Å². The Bertz CT molecular complexity index is 1860. The van der Waals surface area contributed by atoms with Gasteiger partial charge < -0.3 is 15.4 Å². The zero-order chi connectivity index (χ0) is 30.6. The van der Waals surface area contributed by atoms with Gasteiger partial charge in [-0.1, -0.05) is 88.4 Å². The van der Waals surface area contributed by atoms with Gasteiger partial charge in [0.15, 0.2) is 0 Å². The lowest BCUT2D eigenvalue weighted by atomic mass is 9.95. The SMILES string of the molecule is CC1=C(C(=O)Nc2ccccc2C)C(c2ccc(OCc3cccc(Br)c3)cc2)n2nc(SCc3ccccc3F)nc2N1. The van der Waals surface area contributed by atoms with Crippen LogP contribution in [-0.4, -0.2) is 20.7 Å². The number of carbonyl (C=O) groups is 1. The number of amides is 1. The number of hydrogen-bond acceptors (Lipinski definition) is 6.